The van der Waals surface area contributed by atoms with Gasteiger partial charge in [-0.3, -0.25) is 4.79 Å². The quantitative estimate of drug-likeness (QED) is 0.367. The van der Waals surface area contributed by atoms with Gasteiger partial charge >= 0.3 is 0 Å². The number of rotatable bonds is 5. The number of amides is 1. The number of nitrogens with zero attached hydrogens (tertiary/aromatic N) is 2. The molecule has 0 radical (unpaired) electrons. The van der Waals surface area contributed by atoms with Crippen LogP contribution < -0.4 is 9.54 Å². The van der Waals surface area contributed by atoms with Crippen molar-refractivity contribution in [1.82, 2.24) is 4.57 Å². The van der Waals surface area contributed by atoms with Crippen LogP contribution in [0.2, 0.25) is 5.02 Å². The number of carbonyl (C=O) groups is 1. The van der Waals surface area contributed by atoms with Crippen LogP contribution in [0.1, 0.15) is 10.4 Å². The van der Waals surface area contributed by atoms with Crippen molar-refractivity contribution in [3.63, 3.8) is 0 Å². The summed E-state index contributed by atoms with van der Waals surface area (Å²) in [7, 11) is 0. The Morgan fingerprint density at radius 1 is 1.07 bits per heavy atom. The number of benzene rings is 3. The van der Waals surface area contributed by atoms with Gasteiger partial charge in [-0.05, 0) is 48.5 Å². The van der Waals surface area contributed by atoms with Crippen molar-refractivity contribution in [1.29, 1.82) is 0 Å². The fourth-order valence-electron chi connectivity index (χ4n) is 2.91. The first-order valence-electron chi connectivity index (χ1n) is 8.96. The highest BCUT2D eigenvalue weighted by Gasteiger charge is 2.10. The van der Waals surface area contributed by atoms with Crippen molar-refractivity contribution >= 4 is 39.1 Å². The summed E-state index contributed by atoms with van der Waals surface area (Å²) >= 11 is 7.53. The van der Waals surface area contributed by atoms with Gasteiger partial charge in [-0.2, -0.15) is 4.99 Å². The summed E-state index contributed by atoms with van der Waals surface area (Å²) in [4.78, 5) is 17.8. The first-order chi connectivity index (χ1) is 14.1. The molecule has 1 amide bonds. The highest BCUT2D eigenvalue weighted by atomic mass is 35.5. The number of hydrogen-bond donors (Lipinski definition) is 0. The van der Waals surface area contributed by atoms with Gasteiger partial charge in [-0.1, -0.05) is 53.3 Å². The first-order valence-corrected chi connectivity index (χ1v) is 10.2. The van der Waals surface area contributed by atoms with Gasteiger partial charge in [0.15, 0.2) is 4.80 Å². The Balaban J connectivity index is 1.70. The predicted molar refractivity (Wildman–Crippen MR) is 118 cm³/mol. The fourth-order valence-corrected chi connectivity index (χ4v) is 4.22. The lowest BCUT2D eigenvalue weighted by Gasteiger charge is -2.06. The van der Waals surface area contributed by atoms with Crippen LogP contribution in [0.25, 0.3) is 10.2 Å². The largest absolute Gasteiger partial charge is 0.457 e. The first kappa shape index (κ1) is 19.2. The number of fused-ring (bicyclic) bond motifs is 1. The van der Waals surface area contributed by atoms with Crippen molar-refractivity contribution < 1.29 is 9.53 Å². The summed E-state index contributed by atoms with van der Waals surface area (Å²) in [5.74, 6) is 0.956. The summed E-state index contributed by atoms with van der Waals surface area (Å²) < 4.78 is 8.73. The molecular formula is C23H17ClN2O2S. The van der Waals surface area contributed by atoms with Gasteiger partial charge in [-0.25, -0.2) is 0 Å². The predicted octanol–water partition coefficient (Wildman–Crippen LogP) is 6.08. The topological polar surface area (TPSA) is 43.6 Å². The van der Waals surface area contributed by atoms with E-state index in [2.05, 4.69) is 11.6 Å². The Labute approximate surface area is 177 Å². The molecule has 3 aromatic carbocycles. The van der Waals surface area contributed by atoms with E-state index in [9.17, 15) is 4.79 Å². The standard InChI is InChI=1S/C23H17ClN2O2S/c1-2-13-26-20-12-11-17(24)15-21(20)29-23(26)25-22(27)16-7-6-10-19(14-16)28-18-8-4-3-5-9-18/h2-12,14-15H,1,13H2. The third kappa shape index (κ3) is 4.31. The van der Waals surface area contributed by atoms with Crippen LogP contribution in [0.15, 0.2) is 90.4 Å². The van der Waals surface area contributed by atoms with Gasteiger partial charge in [0.1, 0.15) is 11.5 Å². The molecule has 6 heteroatoms. The third-order valence-corrected chi connectivity index (χ3v) is 5.49. The van der Waals surface area contributed by atoms with Gasteiger partial charge in [0.2, 0.25) is 0 Å². The Bertz CT molecular complexity index is 1260. The Kier molecular flexibility index (Phi) is 5.60. The van der Waals surface area contributed by atoms with Crippen LogP contribution in [0, 0.1) is 0 Å². The van der Waals surface area contributed by atoms with Crippen molar-refractivity contribution in [2.24, 2.45) is 4.99 Å². The minimum absolute atomic E-state index is 0.334. The molecule has 0 spiro atoms. The van der Waals surface area contributed by atoms with Crippen LogP contribution >= 0.6 is 22.9 Å². The summed E-state index contributed by atoms with van der Waals surface area (Å²) in [6.45, 7) is 4.35. The van der Waals surface area contributed by atoms with E-state index in [0.717, 1.165) is 10.2 Å². The van der Waals surface area contributed by atoms with E-state index in [4.69, 9.17) is 16.3 Å². The average molecular weight is 421 g/mol. The number of halogens is 1. The van der Waals surface area contributed by atoms with Crippen LogP contribution in [0.5, 0.6) is 11.5 Å². The van der Waals surface area contributed by atoms with Crippen LogP contribution in [0.4, 0.5) is 0 Å². The molecule has 1 aromatic heterocycles. The maximum atomic E-state index is 12.8. The lowest BCUT2D eigenvalue weighted by Crippen LogP contribution is -2.16. The Morgan fingerprint density at radius 2 is 1.86 bits per heavy atom. The zero-order valence-electron chi connectivity index (χ0n) is 15.4. The SMILES string of the molecule is C=CCn1c(=NC(=O)c2cccc(Oc3ccccc3)c2)sc2cc(Cl)ccc21. The lowest BCUT2D eigenvalue weighted by molar-refractivity contribution is 0.0997. The van der Waals surface area contributed by atoms with Crippen molar-refractivity contribution in [3.05, 3.63) is 101 Å². The van der Waals surface area contributed by atoms with E-state index in [1.54, 1.807) is 24.3 Å². The molecule has 0 aliphatic carbocycles. The van der Waals surface area contributed by atoms with Gasteiger partial charge in [0.05, 0.1) is 10.2 Å². The number of hydrogen-bond acceptors (Lipinski definition) is 3. The number of thiazole rings is 1. The maximum Gasteiger partial charge on any atom is 0.279 e. The summed E-state index contributed by atoms with van der Waals surface area (Å²) in [5, 5.41) is 0.646. The van der Waals surface area contributed by atoms with Crippen molar-refractivity contribution in [3.8, 4) is 11.5 Å². The lowest BCUT2D eigenvalue weighted by atomic mass is 10.2. The molecule has 0 bridgehead atoms. The molecule has 0 aliphatic heterocycles. The monoisotopic (exact) mass is 420 g/mol. The number of ether oxygens (including phenoxy) is 1. The molecule has 144 valence electrons. The number of allylic oxidation sites excluding steroid dienone is 1. The van der Waals surface area contributed by atoms with E-state index in [1.165, 1.54) is 11.3 Å². The van der Waals surface area contributed by atoms with E-state index in [-0.39, 0.29) is 5.91 Å². The minimum atomic E-state index is -0.334. The van der Waals surface area contributed by atoms with Gasteiger partial charge in [0.25, 0.3) is 5.91 Å². The molecule has 4 rings (SSSR count). The smallest absolute Gasteiger partial charge is 0.279 e. The minimum Gasteiger partial charge on any atom is -0.457 e. The Hall–Kier alpha value is -3.15. The maximum absolute atomic E-state index is 12.8. The zero-order chi connectivity index (χ0) is 20.2. The van der Waals surface area contributed by atoms with Crippen molar-refractivity contribution in [2.75, 3.05) is 0 Å². The highest BCUT2D eigenvalue weighted by Crippen LogP contribution is 2.23. The molecule has 0 unspecified atom stereocenters. The molecule has 0 aliphatic rings. The summed E-state index contributed by atoms with van der Waals surface area (Å²) in [6, 6.07) is 22.1. The van der Waals surface area contributed by atoms with E-state index in [1.807, 2.05) is 59.2 Å². The second-order valence-electron chi connectivity index (χ2n) is 6.26. The molecule has 0 atom stereocenters. The fraction of sp³-hybridized carbons (Fsp3) is 0.0435. The van der Waals surface area contributed by atoms with Gasteiger partial charge in [-0.15, -0.1) is 6.58 Å². The molecule has 0 saturated carbocycles. The third-order valence-electron chi connectivity index (χ3n) is 4.21. The second kappa shape index (κ2) is 8.47. The van der Waals surface area contributed by atoms with Crippen LogP contribution in [-0.2, 0) is 6.54 Å². The highest BCUT2D eigenvalue weighted by molar-refractivity contribution is 7.16. The van der Waals surface area contributed by atoms with E-state index < -0.39 is 0 Å². The zero-order valence-corrected chi connectivity index (χ0v) is 17.0. The van der Waals surface area contributed by atoms with Crippen LogP contribution in [-0.4, -0.2) is 10.5 Å². The molecule has 0 saturated heterocycles. The average Bonchev–Trinajstić information content (AvgIpc) is 3.05. The molecule has 4 nitrogen and oxygen atoms in total. The summed E-state index contributed by atoms with van der Waals surface area (Å²) in [6.07, 6.45) is 1.78. The van der Waals surface area contributed by atoms with Gasteiger partial charge < -0.3 is 9.30 Å². The second-order valence-corrected chi connectivity index (χ2v) is 7.70. The molecule has 4 aromatic rings. The number of aromatic nitrogens is 1. The molecular weight excluding hydrogens is 404 g/mol. The number of carbonyl (C=O) groups excluding carboxylic acids is 1. The molecule has 0 N–H and O–H groups in total. The Morgan fingerprint density at radius 3 is 2.66 bits per heavy atom. The van der Waals surface area contributed by atoms with Gasteiger partial charge in [0, 0.05) is 17.1 Å². The number of para-hydroxylation sites is 1. The molecule has 1 heterocycles. The summed E-state index contributed by atoms with van der Waals surface area (Å²) in [5.41, 5.74) is 1.42. The van der Waals surface area contributed by atoms with Crippen LogP contribution in [0.3, 0.4) is 0 Å². The van der Waals surface area contributed by atoms with E-state index >= 15 is 0 Å². The molecule has 0 fully saturated rings. The molecule has 29 heavy (non-hydrogen) atoms. The van der Waals surface area contributed by atoms with E-state index in [0.29, 0.717) is 33.4 Å². The normalized spacial score (nSPS) is 11.6. The van der Waals surface area contributed by atoms with Crippen molar-refractivity contribution in [2.45, 2.75) is 6.54 Å².